The van der Waals surface area contributed by atoms with Crippen molar-refractivity contribution >= 4 is 75.0 Å². The Kier molecular flexibility index (Phi) is 11.0. The number of aromatic amines is 1. The summed E-state index contributed by atoms with van der Waals surface area (Å²) in [6.07, 6.45) is 1.03. The number of hydrogen-bond acceptors (Lipinski definition) is 5. The van der Waals surface area contributed by atoms with Gasteiger partial charge >= 0.3 is 6.18 Å². The number of rotatable bonds is 13. The highest BCUT2D eigenvalue weighted by molar-refractivity contribution is 6.64. The molecule has 4 rings (SSSR count). The van der Waals surface area contributed by atoms with Gasteiger partial charge in [-0.25, -0.2) is 4.98 Å². The summed E-state index contributed by atoms with van der Waals surface area (Å²) in [7, 11) is 12.1. The highest BCUT2D eigenvalue weighted by Crippen LogP contribution is 2.40. The van der Waals surface area contributed by atoms with Gasteiger partial charge in [-0.05, 0) is 50.9 Å². The fraction of sp³-hybridized carbons (Fsp3) is 0.233. The number of halogens is 3. The number of hydrogen-bond donors (Lipinski definition) is 2. The van der Waals surface area contributed by atoms with Gasteiger partial charge in [-0.2, -0.15) is 18.3 Å². The van der Waals surface area contributed by atoms with Crippen molar-refractivity contribution in [1.29, 1.82) is 0 Å². The normalized spacial score (nSPS) is 13.1. The van der Waals surface area contributed by atoms with Crippen molar-refractivity contribution in [2.75, 3.05) is 19.7 Å². The Hall–Kier alpha value is -4.05. The minimum atomic E-state index is -4.43. The first-order valence-corrected chi connectivity index (χ1v) is 15.2. The van der Waals surface area contributed by atoms with Crippen LogP contribution in [0.25, 0.3) is 22.0 Å². The second kappa shape index (κ2) is 14.6. The molecular weight excluding hydrogens is 584 g/mol. The average molecular weight is 621 g/mol. The van der Waals surface area contributed by atoms with E-state index in [9.17, 15) is 18.0 Å². The van der Waals surface area contributed by atoms with Gasteiger partial charge in [-0.15, -0.1) is 0 Å². The van der Waals surface area contributed by atoms with Gasteiger partial charge in [0.25, 0.3) is 0 Å². The SMILES string of the molecule is BC(B)(B)N(C(=O)/C=C/CNCCOc1ccc(/C(=C(/CC(F)(F)F)c2ccccc2)c2ccc3[nH]ncc3c2)cn1)C(B)(B)B. The second-order valence-electron chi connectivity index (χ2n) is 13.0. The molecule has 0 saturated heterocycles. The Bertz CT molecular complexity index is 1670. The highest BCUT2D eigenvalue weighted by Gasteiger charge is 2.34. The van der Waals surface area contributed by atoms with E-state index in [4.69, 9.17) is 4.74 Å². The van der Waals surface area contributed by atoms with Crippen LogP contribution in [0.3, 0.4) is 0 Å². The Morgan fingerprint density at radius 3 is 2.24 bits per heavy atom. The van der Waals surface area contributed by atoms with Crippen molar-refractivity contribution in [2.45, 2.75) is 23.1 Å². The van der Waals surface area contributed by atoms with Crippen LogP contribution in [0.15, 0.2) is 85.2 Å². The van der Waals surface area contributed by atoms with Crippen molar-refractivity contribution in [1.82, 2.24) is 25.4 Å². The zero-order valence-corrected chi connectivity index (χ0v) is 27.2. The molecule has 2 aromatic heterocycles. The van der Waals surface area contributed by atoms with Crippen molar-refractivity contribution in [2.24, 2.45) is 0 Å². The van der Waals surface area contributed by atoms with E-state index >= 15 is 0 Å². The Morgan fingerprint density at radius 1 is 0.913 bits per heavy atom. The number of carbonyl (C=O) groups excluding carboxylic acids is 1. The van der Waals surface area contributed by atoms with E-state index in [-0.39, 0.29) is 22.0 Å². The third-order valence-electron chi connectivity index (χ3n) is 7.17. The molecule has 0 aliphatic carbocycles. The molecule has 0 saturated carbocycles. The molecule has 0 aliphatic heterocycles. The van der Waals surface area contributed by atoms with E-state index in [1.54, 1.807) is 73.1 Å². The molecule has 0 aliphatic rings. The number of alkyl halides is 3. The summed E-state index contributed by atoms with van der Waals surface area (Å²) in [5, 5.41) is 10.3. The number of H-pyrrole nitrogens is 1. The van der Waals surface area contributed by atoms with E-state index in [1.807, 2.05) is 64.1 Å². The molecule has 2 aromatic carbocycles. The molecule has 0 fully saturated rings. The summed E-state index contributed by atoms with van der Waals surface area (Å²) in [6, 6.07) is 17.4. The maximum Gasteiger partial charge on any atom is 0.393 e. The van der Waals surface area contributed by atoms with Crippen LogP contribution in [0, 0.1) is 0 Å². The number of amides is 1. The maximum atomic E-state index is 14.0. The van der Waals surface area contributed by atoms with Gasteiger partial charge in [0.1, 0.15) is 53.7 Å². The first-order chi connectivity index (χ1) is 21.6. The monoisotopic (exact) mass is 621 g/mol. The van der Waals surface area contributed by atoms with Crippen molar-refractivity contribution < 1.29 is 22.7 Å². The minimum absolute atomic E-state index is 0.0499. The van der Waals surface area contributed by atoms with Crippen molar-refractivity contribution in [3.8, 4) is 5.88 Å². The molecule has 0 spiro atoms. The van der Waals surface area contributed by atoms with Gasteiger partial charge in [-0.3, -0.25) is 9.89 Å². The van der Waals surface area contributed by atoms with Crippen LogP contribution in [0.4, 0.5) is 13.2 Å². The van der Waals surface area contributed by atoms with E-state index in [0.717, 1.165) is 10.9 Å². The van der Waals surface area contributed by atoms with Crippen LogP contribution in [-0.4, -0.2) is 109 Å². The van der Waals surface area contributed by atoms with Crippen LogP contribution < -0.4 is 10.1 Å². The van der Waals surface area contributed by atoms with E-state index in [2.05, 4.69) is 20.5 Å². The molecule has 46 heavy (non-hydrogen) atoms. The molecule has 0 unspecified atom stereocenters. The van der Waals surface area contributed by atoms with Gasteiger partial charge in [-0.1, -0.05) is 42.5 Å². The zero-order valence-electron chi connectivity index (χ0n) is 27.2. The predicted octanol–water partition coefficient (Wildman–Crippen LogP) is -0.756. The molecule has 0 radical (unpaired) electrons. The summed E-state index contributed by atoms with van der Waals surface area (Å²) < 4.78 is 47.7. The number of allylic oxidation sites excluding steroid dienone is 1. The molecule has 7 nitrogen and oxygen atoms in total. The van der Waals surface area contributed by atoms with E-state index < -0.39 is 12.6 Å². The number of carbonyl (C=O) groups is 1. The predicted molar refractivity (Wildman–Crippen MR) is 194 cm³/mol. The van der Waals surface area contributed by atoms with Gasteiger partial charge in [0.05, 0.1) is 18.1 Å². The van der Waals surface area contributed by atoms with Gasteiger partial charge in [0.15, 0.2) is 0 Å². The van der Waals surface area contributed by atoms with Gasteiger partial charge in [0, 0.05) is 42.4 Å². The summed E-state index contributed by atoms with van der Waals surface area (Å²) in [6.45, 7) is 1.30. The van der Waals surface area contributed by atoms with Crippen molar-refractivity contribution in [3.63, 3.8) is 0 Å². The quantitative estimate of drug-likeness (QED) is 0.0890. The van der Waals surface area contributed by atoms with Gasteiger partial charge in [0.2, 0.25) is 11.8 Å². The molecule has 4 aromatic rings. The van der Waals surface area contributed by atoms with E-state index in [1.165, 1.54) is 0 Å². The minimum Gasteiger partial charge on any atom is -0.476 e. The third-order valence-corrected chi connectivity index (χ3v) is 7.17. The fourth-order valence-corrected chi connectivity index (χ4v) is 5.72. The molecule has 2 heterocycles. The first-order valence-electron chi connectivity index (χ1n) is 15.2. The molecule has 0 atom stereocenters. The summed E-state index contributed by atoms with van der Waals surface area (Å²) in [4.78, 5) is 19.1. The standard InChI is InChI=1S/C30H36B6F3N5O2/c31-29(32,33)44(30(34,35)36)26(45)7-4-12-40-13-14-46-25-11-9-21(17-41-25)27(20-8-10-24-22(15-20)18-42-43-24)23(16-28(37,38)39)19-5-2-1-3-6-19/h1-11,15,17-18,40H,12-14,16,31-36H2,(H,42,43)/b7-4+,27-23-. The first kappa shape index (κ1) is 34.8. The third kappa shape index (κ3) is 9.48. The maximum absolute atomic E-state index is 14.0. The lowest BCUT2D eigenvalue weighted by atomic mass is 9.40. The van der Waals surface area contributed by atoms with Crippen LogP contribution in [0.2, 0.25) is 0 Å². The summed E-state index contributed by atoms with van der Waals surface area (Å²) in [5.41, 5.74) is 3.01. The lowest BCUT2D eigenvalue weighted by molar-refractivity contribution is -0.127. The molecular formula is C30H36B6F3N5O2. The fourth-order valence-electron chi connectivity index (χ4n) is 5.72. The second-order valence-corrected chi connectivity index (χ2v) is 13.0. The lowest BCUT2D eigenvalue weighted by Gasteiger charge is -2.46. The number of pyridine rings is 1. The van der Waals surface area contributed by atoms with Crippen LogP contribution >= 0.6 is 0 Å². The summed E-state index contributed by atoms with van der Waals surface area (Å²) in [5.74, 6) is 0.301. The number of aromatic nitrogens is 3. The molecule has 1 amide bonds. The molecule has 232 valence electrons. The van der Waals surface area contributed by atoms with Crippen LogP contribution in [0.1, 0.15) is 23.1 Å². The molecule has 2 N–H and O–H groups in total. The Balaban J connectivity index is 1.47. The zero-order chi connectivity index (χ0) is 33.5. The van der Waals surface area contributed by atoms with E-state index in [0.29, 0.717) is 47.8 Å². The largest absolute Gasteiger partial charge is 0.476 e. The van der Waals surface area contributed by atoms with Gasteiger partial charge < -0.3 is 15.0 Å². The molecule has 16 heteroatoms. The number of benzene rings is 2. The van der Waals surface area contributed by atoms with Crippen molar-refractivity contribution in [3.05, 3.63) is 102 Å². The average Bonchev–Trinajstić information content (AvgIpc) is 3.43. The number of fused-ring (bicyclic) bond motifs is 1. The number of nitrogens with zero attached hydrogens (tertiary/aromatic N) is 3. The number of ether oxygens (including phenoxy) is 1. The van der Waals surface area contributed by atoms with Crippen LogP contribution in [0.5, 0.6) is 5.88 Å². The number of nitrogens with one attached hydrogen (secondary N) is 2. The Morgan fingerprint density at radius 2 is 1.61 bits per heavy atom. The topological polar surface area (TPSA) is 83.1 Å². The van der Waals surface area contributed by atoms with Crippen LogP contribution in [-0.2, 0) is 4.79 Å². The smallest absolute Gasteiger partial charge is 0.393 e. The Labute approximate surface area is 273 Å². The summed E-state index contributed by atoms with van der Waals surface area (Å²) >= 11 is 0. The highest BCUT2D eigenvalue weighted by atomic mass is 19.4. The molecule has 0 bridgehead atoms. The lowest BCUT2D eigenvalue weighted by Crippen LogP contribution is -2.65.